The Hall–Kier alpha value is -0.770. The normalized spacial score (nSPS) is 19.7. The summed E-state index contributed by atoms with van der Waals surface area (Å²) >= 11 is 6.41. The second-order valence-electron chi connectivity index (χ2n) is 5.09. The molecule has 1 N–H and O–H groups in total. The molecule has 0 amide bonds. The van der Waals surface area contributed by atoms with Gasteiger partial charge in [-0.25, -0.2) is 0 Å². The minimum atomic E-state index is 0.274. The maximum atomic E-state index is 6.41. The largest absolute Gasteiger partial charge is 0.375 e. The number of halogens is 1. The van der Waals surface area contributed by atoms with E-state index in [1.807, 2.05) is 0 Å². The molecule has 1 atom stereocenters. The molecule has 0 radical (unpaired) electrons. The van der Waals surface area contributed by atoms with Crippen LogP contribution in [0.15, 0.2) is 18.2 Å². The number of hydrogen-bond acceptors (Lipinski definition) is 3. The Morgan fingerprint density at radius 2 is 2.32 bits per heavy atom. The minimum absolute atomic E-state index is 0.274. The van der Waals surface area contributed by atoms with Crippen molar-refractivity contribution in [2.45, 2.75) is 32.9 Å². The van der Waals surface area contributed by atoms with Crippen LogP contribution in [0.5, 0.6) is 0 Å². The van der Waals surface area contributed by atoms with Gasteiger partial charge in [0.05, 0.1) is 23.4 Å². The number of benzene rings is 1. The molecule has 106 valence electrons. The summed E-state index contributed by atoms with van der Waals surface area (Å²) in [6.45, 7) is 8.79. The fraction of sp³-hybridized carbons (Fsp3) is 0.600. The summed E-state index contributed by atoms with van der Waals surface area (Å²) in [5.74, 6) is 0. The van der Waals surface area contributed by atoms with Gasteiger partial charge in [-0.05, 0) is 37.6 Å². The lowest BCUT2D eigenvalue weighted by Gasteiger charge is -2.33. The van der Waals surface area contributed by atoms with Crippen LogP contribution in [-0.2, 0) is 11.3 Å². The molecule has 0 aliphatic carbocycles. The van der Waals surface area contributed by atoms with Crippen LogP contribution in [0.1, 0.15) is 25.8 Å². The van der Waals surface area contributed by atoms with E-state index in [-0.39, 0.29) is 6.10 Å². The maximum absolute atomic E-state index is 6.41. The molecular formula is C15H23ClN2O. The summed E-state index contributed by atoms with van der Waals surface area (Å²) < 4.78 is 5.56. The van der Waals surface area contributed by atoms with Crippen molar-refractivity contribution in [2.24, 2.45) is 0 Å². The first kappa shape index (κ1) is 14.6. The molecule has 19 heavy (non-hydrogen) atoms. The molecule has 0 aromatic heterocycles. The smallest absolute Gasteiger partial charge is 0.0722 e. The van der Waals surface area contributed by atoms with Crippen LogP contribution in [0.25, 0.3) is 0 Å². The summed E-state index contributed by atoms with van der Waals surface area (Å²) in [6.07, 6.45) is 1.42. The lowest BCUT2D eigenvalue weighted by atomic mass is 10.1. The second kappa shape index (κ2) is 7.13. The van der Waals surface area contributed by atoms with Gasteiger partial charge in [0.2, 0.25) is 0 Å². The van der Waals surface area contributed by atoms with Gasteiger partial charge in [-0.3, -0.25) is 0 Å². The molecular weight excluding hydrogens is 260 g/mol. The fourth-order valence-electron chi connectivity index (χ4n) is 2.36. The van der Waals surface area contributed by atoms with Crippen LogP contribution in [0.2, 0.25) is 5.02 Å². The molecule has 0 saturated carbocycles. The predicted molar refractivity (Wildman–Crippen MR) is 81.1 cm³/mol. The summed E-state index contributed by atoms with van der Waals surface area (Å²) in [4.78, 5) is 2.31. The highest BCUT2D eigenvalue weighted by Crippen LogP contribution is 2.28. The summed E-state index contributed by atoms with van der Waals surface area (Å²) in [5.41, 5.74) is 2.36. The van der Waals surface area contributed by atoms with Crippen molar-refractivity contribution < 1.29 is 4.74 Å². The van der Waals surface area contributed by atoms with E-state index in [1.54, 1.807) is 0 Å². The van der Waals surface area contributed by atoms with Crippen molar-refractivity contribution in [3.63, 3.8) is 0 Å². The molecule has 2 rings (SSSR count). The van der Waals surface area contributed by atoms with Gasteiger partial charge in [-0.15, -0.1) is 0 Å². The van der Waals surface area contributed by atoms with Crippen LogP contribution in [0.4, 0.5) is 5.69 Å². The molecule has 4 heteroatoms. The zero-order valence-electron chi connectivity index (χ0n) is 11.8. The summed E-state index contributed by atoms with van der Waals surface area (Å²) in [5, 5.41) is 4.23. The van der Waals surface area contributed by atoms with Crippen LogP contribution < -0.4 is 10.2 Å². The fourth-order valence-corrected chi connectivity index (χ4v) is 2.69. The molecule has 1 aliphatic heterocycles. The topological polar surface area (TPSA) is 24.5 Å². The van der Waals surface area contributed by atoms with Gasteiger partial charge in [0.1, 0.15) is 0 Å². The lowest BCUT2D eigenvalue weighted by molar-refractivity contribution is 0.0532. The molecule has 0 spiro atoms. The highest BCUT2D eigenvalue weighted by molar-refractivity contribution is 6.33. The van der Waals surface area contributed by atoms with E-state index in [4.69, 9.17) is 16.3 Å². The van der Waals surface area contributed by atoms with E-state index in [1.165, 1.54) is 5.56 Å². The van der Waals surface area contributed by atoms with Gasteiger partial charge in [-0.1, -0.05) is 24.6 Å². The van der Waals surface area contributed by atoms with E-state index in [0.29, 0.717) is 0 Å². The molecule has 1 aliphatic rings. The van der Waals surface area contributed by atoms with Crippen molar-refractivity contribution in [3.05, 3.63) is 28.8 Å². The van der Waals surface area contributed by atoms with Gasteiger partial charge >= 0.3 is 0 Å². The van der Waals surface area contributed by atoms with Crippen LogP contribution in [-0.4, -0.2) is 32.3 Å². The van der Waals surface area contributed by atoms with Crippen LogP contribution in [0, 0.1) is 0 Å². The van der Waals surface area contributed by atoms with Gasteiger partial charge in [0.25, 0.3) is 0 Å². The third-order valence-electron chi connectivity index (χ3n) is 3.35. The van der Waals surface area contributed by atoms with Crippen molar-refractivity contribution in [3.8, 4) is 0 Å². The first-order valence-corrected chi connectivity index (χ1v) is 7.44. The highest BCUT2D eigenvalue weighted by Gasteiger charge is 2.18. The Balaban J connectivity index is 2.02. The Kier molecular flexibility index (Phi) is 5.49. The molecule has 1 heterocycles. The molecule has 1 fully saturated rings. The zero-order chi connectivity index (χ0) is 13.7. The Bertz CT molecular complexity index is 411. The van der Waals surface area contributed by atoms with Crippen LogP contribution >= 0.6 is 11.6 Å². The molecule has 0 bridgehead atoms. The van der Waals surface area contributed by atoms with Gasteiger partial charge in [-0.2, -0.15) is 0 Å². The highest BCUT2D eigenvalue weighted by atomic mass is 35.5. The SMILES string of the molecule is CCCNCc1ccc(N2CCOC(C)C2)c(Cl)c1. The summed E-state index contributed by atoms with van der Waals surface area (Å²) in [6, 6.07) is 6.35. The number of nitrogens with one attached hydrogen (secondary N) is 1. The quantitative estimate of drug-likeness (QED) is 0.840. The Morgan fingerprint density at radius 1 is 1.47 bits per heavy atom. The Morgan fingerprint density at radius 3 is 3.00 bits per heavy atom. The average Bonchev–Trinajstić information content (AvgIpc) is 2.39. The van der Waals surface area contributed by atoms with Crippen molar-refractivity contribution in [1.82, 2.24) is 5.32 Å². The molecule has 1 aromatic carbocycles. The van der Waals surface area contributed by atoms with E-state index < -0.39 is 0 Å². The average molecular weight is 283 g/mol. The van der Waals surface area contributed by atoms with E-state index in [0.717, 1.165) is 49.9 Å². The van der Waals surface area contributed by atoms with E-state index >= 15 is 0 Å². The zero-order valence-corrected chi connectivity index (χ0v) is 12.5. The second-order valence-corrected chi connectivity index (χ2v) is 5.50. The predicted octanol–water partition coefficient (Wildman–Crippen LogP) is 3.06. The first-order valence-electron chi connectivity index (χ1n) is 7.06. The Labute approximate surface area is 120 Å². The maximum Gasteiger partial charge on any atom is 0.0722 e. The molecule has 3 nitrogen and oxygen atoms in total. The third kappa shape index (κ3) is 4.10. The molecule has 1 saturated heterocycles. The monoisotopic (exact) mass is 282 g/mol. The van der Waals surface area contributed by atoms with Gasteiger partial charge in [0.15, 0.2) is 0 Å². The number of morpholine rings is 1. The standard InChI is InChI=1S/C15H23ClN2O/c1-3-6-17-10-13-4-5-15(14(16)9-13)18-7-8-19-12(2)11-18/h4-5,9,12,17H,3,6-8,10-11H2,1-2H3. The number of anilines is 1. The molecule has 1 unspecified atom stereocenters. The van der Waals surface area contributed by atoms with Crippen molar-refractivity contribution in [2.75, 3.05) is 31.1 Å². The number of hydrogen-bond donors (Lipinski definition) is 1. The lowest BCUT2D eigenvalue weighted by Crippen LogP contribution is -2.41. The van der Waals surface area contributed by atoms with Crippen molar-refractivity contribution >= 4 is 17.3 Å². The number of rotatable bonds is 5. The minimum Gasteiger partial charge on any atom is -0.375 e. The molecule has 1 aromatic rings. The summed E-state index contributed by atoms with van der Waals surface area (Å²) in [7, 11) is 0. The van der Waals surface area contributed by atoms with Gasteiger partial charge < -0.3 is 15.0 Å². The van der Waals surface area contributed by atoms with Gasteiger partial charge in [0, 0.05) is 19.6 Å². The number of nitrogens with zero attached hydrogens (tertiary/aromatic N) is 1. The third-order valence-corrected chi connectivity index (χ3v) is 3.65. The van der Waals surface area contributed by atoms with Crippen LogP contribution in [0.3, 0.4) is 0 Å². The number of ether oxygens (including phenoxy) is 1. The van der Waals surface area contributed by atoms with E-state index in [2.05, 4.69) is 42.3 Å². The first-order chi connectivity index (χ1) is 9.20. The van der Waals surface area contributed by atoms with E-state index in [9.17, 15) is 0 Å². The van der Waals surface area contributed by atoms with Crippen molar-refractivity contribution in [1.29, 1.82) is 0 Å².